The van der Waals surface area contributed by atoms with Crippen LogP contribution in [0.4, 0.5) is 0 Å². The third-order valence-corrected chi connectivity index (χ3v) is 9.59. The first-order chi connectivity index (χ1) is 26.1. The first kappa shape index (κ1) is 31.9. The maximum absolute atomic E-state index is 5.08. The maximum atomic E-state index is 5.08. The third kappa shape index (κ3) is 6.74. The molecular weight excluding hydrogens is 645 g/mol. The highest BCUT2D eigenvalue weighted by Gasteiger charge is 2.15. The zero-order valence-electron chi connectivity index (χ0n) is 29.2. The Morgan fingerprint density at radius 3 is 1.30 bits per heavy atom. The number of pyridine rings is 1. The lowest BCUT2D eigenvalue weighted by Gasteiger charge is -2.13. The third-order valence-electron chi connectivity index (χ3n) is 9.59. The molecule has 4 nitrogen and oxygen atoms in total. The summed E-state index contributed by atoms with van der Waals surface area (Å²) in [6.07, 6.45) is 0. The molecule has 2 heterocycles. The highest BCUT2D eigenvalue weighted by molar-refractivity contribution is 5.89. The van der Waals surface area contributed by atoms with Gasteiger partial charge in [-0.1, -0.05) is 152 Å². The van der Waals surface area contributed by atoms with Crippen molar-refractivity contribution in [2.45, 2.75) is 6.92 Å². The maximum Gasteiger partial charge on any atom is 0.164 e. The van der Waals surface area contributed by atoms with Crippen LogP contribution in [0.2, 0.25) is 0 Å². The van der Waals surface area contributed by atoms with E-state index in [9.17, 15) is 0 Å². The minimum Gasteiger partial charge on any atom is -0.253 e. The van der Waals surface area contributed by atoms with E-state index in [0.717, 1.165) is 67.0 Å². The van der Waals surface area contributed by atoms with Gasteiger partial charge in [0.25, 0.3) is 0 Å². The van der Waals surface area contributed by atoms with Crippen LogP contribution in [0.5, 0.6) is 0 Å². The Morgan fingerprint density at radius 1 is 0.264 bits per heavy atom. The van der Waals surface area contributed by atoms with E-state index in [4.69, 9.17) is 19.9 Å². The Kier molecular flexibility index (Phi) is 8.39. The molecule has 0 saturated carbocycles. The average molecular weight is 679 g/mol. The number of aromatic nitrogens is 4. The molecule has 0 bridgehead atoms. The van der Waals surface area contributed by atoms with E-state index in [1.165, 1.54) is 10.8 Å². The zero-order chi connectivity index (χ0) is 35.6. The lowest BCUT2D eigenvalue weighted by atomic mass is 9.93. The molecule has 9 rings (SSSR count). The summed E-state index contributed by atoms with van der Waals surface area (Å²) in [5, 5.41) is 2.41. The van der Waals surface area contributed by atoms with Crippen molar-refractivity contribution in [3.8, 4) is 78.8 Å². The van der Waals surface area contributed by atoms with Crippen molar-refractivity contribution >= 4 is 10.8 Å². The van der Waals surface area contributed by atoms with Crippen molar-refractivity contribution < 1.29 is 0 Å². The molecular formula is C49H34N4. The van der Waals surface area contributed by atoms with Gasteiger partial charge in [0.05, 0.1) is 5.69 Å². The Bertz CT molecular complexity index is 2650. The fourth-order valence-corrected chi connectivity index (χ4v) is 6.79. The molecule has 7 aromatic carbocycles. The standard InChI is InChI=1S/C49H34N4/c1-33-11-10-18-46(50-33)38-26-23-36(24-27-38)35-19-21-37(22-20-35)43-30-44(42-28-25-34-12-8-9-17-41(34)29-42)32-45(31-43)49-52-47(39-13-4-2-5-14-39)51-48(53-49)40-15-6-3-7-16-40/h2-32H,1H3. The molecule has 4 heteroatoms. The normalized spacial score (nSPS) is 11.1. The summed E-state index contributed by atoms with van der Waals surface area (Å²) < 4.78 is 0. The number of benzene rings is 7. The molecule has 0 saturated heterocycles. The number of hydrogen-bond acceptors (Lipinski definition) is 4. The van der Waals surface area contributed by atoms with Crippen LogP contribution in [0.1, 0.15) is 5.69 Å². The lowest BCUT2D eigenvalue weighted by molar-refractivity contribution is 1.07. The molecule has 0 radical (unpaired) electrons. The van der Waals surface area contributed by atoms with Crippen LogP contribution >= 0.6 is 0 Å². The number of nitrogens with zero attached hydrogens (tertiary/aromatic N) is 4. The molecule has 0 unspecified atom stereocenters. The van der Waals surface area contributed by atoms with Gasteiger partial charge in [0.1, 0.15) is 0 Å². The lowest BCUT2D eigenvalue weighted by Crippen LogP contribution is -2.00. The highest BCUT2D eigenvalue weighted by atomic mass is 15.0. The van der Waals surface area contributed by atoms with Crippen molar-refractivity contribution in [2.75, 3.05) is 0 Å². The van der Waals surface area contributed by atoms with Gasteiger partial charge in [-0.2, -0.15) is 0 Å². The summed E-state index contributed by atoms with van der Waals surface area (Å²) in [6, 6.07) is 65.6. The average Bonchev–Trinajstić information content (AvgIpc) is 3.24. The molecule has 9 aromatic rings. The van der Waals surface area contributed by atoms with Gasteiger partial charge in [-0.15, -0.1) is 0 Å². The van der Waals surface area contributed by atoms with Crippen LogP contribution in [0.3, 0.4) is 0 Å². The van der Waals surface area contributed by atoms with Crippen LogP contribution in [0.15, 0.2) is 188 Å². The first-order valence-corrected chi connectivity index (χ1v) is 17.8. The quantitative estimate of drug-likeness (QED) is 0.168. The van der Waals surface area contributed by atoms with Crippen molar-refractivity contribution in [1.29, 1.82) is 0 Å². The van der Waals surface area contributed by atoms with E-state index >= 15 is 0 Å². The van der Waals surface area contributed by atoms with Crippen LogP contribution in [-0.2, 0) is 0 Å². The second kappa shape index (κ2) is 13.9. The second-order valence-corrected chi connectivity index (χ2v) is 13.2. The predicted octanol–water partition coefficient (Wildman–Crippen LogP) is 12.4. The summed E-state index contributed by atoms with van der Waals surface area (Å²) in [7, 11) is 0. The molecule has 250 valence electrons. The Morgan fingerprint density at radius 2 is 0.717 bits per heavy atom. The van der Waals surface area contributed by atoms with Crippen LogP contribution in [0.25, 0.3) is 89.6 Å². The van der Waals surface area contributed by atoms with E-state index < -0.39 is 0 Å². The topological polar surface area (TPSA) is 51.6 Å². The van der Waals surface area contributed by atoms with Crippen LogP contribution in [0, 0.1) is 6.92 Å². The largest absolute Gasteiger partial charge is 0.253 e. The summed E-state index contributed by atoms with van der Waals surface area (Å²) in [5.74, 6) is 1.91. The second-order valence-electron chi connectivity index (χ2n) is 13.2. The van der Waals surface area contributed by atoms with E-state index in [0.29, 0.717) is 17.5 Å². The molecule has 0 spiro atoms. The molecule has 0 aliphatic carbocycles. The van der Waals surface area contributed by atoms with Crippen molar-refractivity contribution in [2.24, 2.45) is 0 Å². The van der Waals surface area contributed by atoms with Gasteiger partial charge in [0.2, 0.25) is 0 Å². The molecule has 0 aliphatic heterocycles. The summed E-state index contributed by atoms with van der Waals surface area (Å²) in [6.45, 7) is 2.02. The Balaban J connectivity index is 1.15. The molecule has 2 aromatic heterocycles. The van der Waals surface area contributed by atoms with Crippen molar-refractivity contribution in [3.05, 3.63) is 194 Å². The fourth-order valence-electron chi connectivity index (χ4n) is 6.79. The molecule has 0 fully saturated rings. The summed E-state index contributed by atoms with van der Waals surface area (Å²) in [5.41, 5.74) is 12.6. The molecule has 0 aliphatic rings. The zero-order valence-corrected chi connectivity index (χ0v) is 29.2. The number of fused-ring (bicyclic) bond motifs is 1. The number of rotatable bonds is 7. The SMILES string of the molecule is Cc1cccc(-c2ccc(-c3ccc(-c4cc(-c5ccc6ccccc6c5)cc(-c5nc(-c6ccccc6)nc(-c6ccccc6)n5)c4)cc3)cc2)n1. The smallest absolute Gasteiger partial charge is 0.164 e. The number of aryl methyl sites for hydroxylation is 1. The van der Waals surface area contributed by atoms with Crippen LogP contribution < -0.4 is 0 Å². The summed E-state index contributed by atoms with van der Waals surface area (Å²) in [4.78, 5) is 19.8. The van der Waals surface area contributed by atoms with Gasteiger partial charge in [-0.3, -0.25) is 4.98 Å². The monoisotopic (exact) mass is 678 g/mol. The van der Waals surface area contributed by atoms with Gasteiger partial charge in [0, 0.05) is 27.9 Å². The van der Waals surface area contributed by atoms with E-state index in [-0.39, 0.29) is 0 Å². The number of hydrogen-bond donors (Lipinski definition) is 0. The summed E-state index contributed by atoms with van der Waals surface area (Å²) >= 11 is 0. The van der Waals surface area contributed by atoms with E-state index in [1.807, 2.05) is 73.7 Å². The van der Waals surface area contributed by atoms with Gasteiger partial charge >= 0.3 is 0 Å². The minimum atomic E-state index is 0.626. The Labute approximate surface area is 309 Å². The van der Waals surface area contributed by atoms with Gasteiger partial charge < -0.3 is 0 Å². The highest BCUT2D eigenvalue weighted by Crippen LogP contribution is 2.35. The molecule has 0 atom stereocenters. The van der Waals surface area contributed by atoms with Crippen molar-refractivity contribution in [1.82, 2.24) is 19.9 Å². The van der Waals surface area contributed by atoms with Gasteiger partial charge in [-0.05, 0) is 87.5 Å². The first-order valence-electron chi connectivity index (χ1n) is 17.8. The fraction of sp³-hybridized carbons (Fsp3) is 0.0204. The van der Waals surface area contributed by atoms with E-state index in [2.05, 4.69) is 121 Å². The minimum absolute atomic E-state index is 0.626. The van der Waals surface area contributed by atoms with Crippen LogP contribution in [-0.4, -0.2) is 19.9 Å². The predicted molar refractivity (Wildman–Crippen MR) is 218 cm³/mol. The van der Waals surface area contributed by atoms with Gasteiger partial charge in [0.15, 0.2) is 17.5 Å². The Hall–Kier alpha value is -7.04. The molecule has 0 N–H and O–H groups in total. The molecule has 53 heavy (non-hydrogen) atoms. The van der Waals surface area contributed by atoms with Crippen molar-refractivity contribution in [3.63, 3.8) is 0 Å². The van der Waals surface area contributed by atoms with E-state index in [1.54, 1.807) is 0 Å². The molecule has 0 amide bonds. The van der Waals surface area contributed by atoms with Gasteiger partial charge in [-0.25, -0.2) is 15.0 Å².